The van der Waals surface area contributed by atoms with E-state index in [1.54, 1.807) is 17.9 Å². The van der Waals surface area contributed by atoms with E-state index < -0.39 is 0 Å². The number of hydrogen-bond acceptors (Lipinski definition) is 6. The van der Waals surface area contributed by atoms with Gasteiger partial charge >= 0.3 is 6.09 Å². The number of carbonyl (C=O) groups excluding carboxylic acids is 2. The Balaban J connectivity index is 1.54. The molecule has 0 bridgehead atoms. The Bertz CT molecular complexity index is 661. The molecule has 1 atom stereocenters. The van der Waals surface area contributed by atoms with Gasteiger partial charge in [-0.1, -0.05) is 6.92 Å². The molecule has 0 aromatic carbocycles. The molecule has 2 amide bonds. The highest BCUT2D eigenvalue weighted by Gasteiger charge is 2.25. The third-order valence-corrected chi connectivity index (χ3v) is 5.22. The average molecular weight is 375 g/mol. The zero-order valence-electron chi connectivity index (χ0n) is 16.2. The maximum Gasteiger partial charge on any atom is 0.409 e. The van der Waals surface area contributed by atoms with Crippen molar-refractivity contribution in [1.82, 2.24) is 20.2 Å². The fraction of sp³-hybridized carbons (Fsp3) is 0.684. The number of ether oxygens (including phenoxy) is 1. The van der Waals surface area contributed by atoms with Gasteiger partial charge in [-0.25, -0.2) is 14.8 Å². The van der Waals surface area contributed by atoms with Gasteiger partial charge in [-0.3, -0.25) is 4.79 Å². The van der Waals surface area contributed by atoms with Crippen molar-refractivity contribution >= 4 is 17.8 Å². The highest BCUT2D eigenvalue weighted by atomic mass is 16.6. The van der Waals surface area contributed by atoms with Crippen LogP contribution in [0.3, 0.4) is 0 Å². The van der Waals surface area contributed by atoms with Gasteiger partial charge in [0, 0.05) is 38.3 Å². The number of aromatic nitrogens is 2. The van der Waals surface area contributed by atoms with Crippen molar-refractivity contribution in [2.24, 2.45) is 5.92 Å². The first-order valence-electron chi connectivity index (χ1n) is 9.86. The van der Waals surface area contributed by atoms with E-state index in [-0.39, 0.29) is 18.0 Å². The van der Waals surface area contributed by atoms with Crippen LogP contribution < -0.4 is 10.2 Å². The van der Waals surface area contributed by atoms with Gasteiger partial charge in [-0.15, -0.1) is 0 Å². The molecule has 2 aliphatic heterocycles. The third kappa shape index (κ3) is 5.08. The van der Waals surface area contributed by atoms with Crippen molar-refractivity contribution in [3.63, 3.8) is 0 Å². The normalized spacial score (nSPS) is 21.0. The Kier molecular flexibility index (Phi) is 6.47. The van der Waals surface area contributed by atoms with E-state index in [0.717, 1.165) is 25.3 Å². The quantitative estimate of drug-likeness (QED) is 0.867. The van der Waals surface area contributed by atoms with Crippen LogP contribution in [0.1, 0.15) is 50.0 Å². The smallest absolute Gasteiger partial charge is 0.409 e. The lowest BCUT2D eigenvalue weighted by Gasteiger charge is -2.32. The van der Waals surface area contributed by atoms with Gasteiger partial charge in [0.15, 0.2) is 0 Å². The summed E-state index contributed by atoms with van der Waals surface area (Å²) in [5.74, 6) is 1.27. The molecule has 8 nitrogen and oxygen atoms in total. The summed E-state index contributed by atoms with van der Waals surface area (Å²) in [5, 5.41) is 3.04. The average Bonchev–Trinajstić information content (AvgIpc) is 2.69. The van der Waals surface area contributed by atoms with Crippen LogP contribution in [0.25, 0.3) is 0 Å². The highest BCUT2D eigenvalue weighted by Crippen LogP contribution is 2.21. The van der Waals surface area contributed by atoms with E-state index in [9.17, 15) is 9.59 Å². The van der Waals surface area contributed by atoms with Crippen molar-refractivity contribution in [3.8, 4) is 0 Å². The van der Waals surface area contributed by atoms with E-state index in [2.05, 4.69) is 27.1 Å². The van der Waals surface area contributed by atoms with Crippen LogP contribution in [0.4, 0.5) is 10.6 Å². The minimum atomic E-state index is -0.279. The van der Waals surface area contributed by atoms with E-state index in [4.69, 9.17) is 4.74 Å². The number of nitrogens with zero attached hydrogens (tertiary/aromatic N) is 4. The van der Waals surface area contributed by atoms with Crippen molar-refractivity contribution in [2.45, 2.75) is 45.6 Å². The Hall–Kier alpha value is -2.38. The molecule has 0 spiro atoms. The molecule has 2 saturated heterocycles. The zero-order valence-corrected chi connectivity index (χ0v) is 16.2. The minimum Gasteiger partial charge on any atom is -0.450 e. The summed E-state index contributed by atoms with van der Waals surface area (Å²) in [7, 11) is 0. The van der Waals surface area contributed by atoms with E-state index in [0.29, 0.717) is 44.1 Å². The summed E-state index contributed by atoms with van der Waals surface area (Å²) >= 11 is 0. The van der Waals surface area contributed by atoms with Crippen LogP contribution in [0.2, 0.25) is 0 Å². The molecule has 148 valence electrons. The molecule has 8 heteroatoms. The predicted molar refractivity (Wildman–Crippen MR) is 102 cm³/mol. The number of nitrogens with one attached hydrogen (secondary N) is 1. The molecule has 3 heterocycles. The number of likely N-dealkylation sites (tertiary alicyclic amines) is 1. The molecule has 1 unspecified atom stereocenters. The molecule has 1 N–H and O–H groups in total. The first kappa shape index (κ1) is 19.4. The Morgan fingerprint density at radius 3 is 2.70 bits per heavy atom. The standard InChI is InChI=1S/C19H29N5O3/c1-3-27-19(26)23-9-6-15(7-10-23)22-18(25)16-11-17(21-13-20-16)24-8-4-5-14(2)12-24/h11,13-15H,3-10,12H2,1-2H3,(H,22,25). The number of hydrogen-bond donors (Lipinski definition) is 1. The van der Waals surface area contributed by atoms with E-state index in [1.165, 1.54) is 12.7 Å². The Morgan fingerprint density at radius 1 is 1.22 bits per heavy atom. The second-order valence-electron chi connectivity index (χ2n) is 7.39. The molecule has 0 radical (unpaired) electrons. The van der Waals surface area contributed by atoms with Crippen LogP contribution in [-0.4, -0.2) is 65.7 Å². The van der Waals surface area contributed by atoms with Crippen molar-refractivity contribution in [3.05, 3.63) is 18.1 Å². The van der Waals surface area contributed by atoms with Crippen molar-refractivity contribution < 1.29 is 14.3 Å². The van der Waals surface area contributed by atoms with Crippen molar-refractivity contribution in [1.29, 1.82) is 0 Å². The number of rotatable bonds is 4. The minimum absolute atomic E-state index is 0.0385. The summed E-state index contributed by atoms with van der Waals surface area (Å²) in [6.45, 7) is 7.52. The molecule has 2 aliphatic rings. The van der Waals surface area contributed by atoms with Gasteiger partial charge in [0.25, 0.3) is 5.91 Å². The second-order valence-corrected chi connectivity index (χ2v) is 7.39. The van der Waals surface area contributed by atoms with E-state index in [1.807, 2.05) is 0 Å². The van der Waals surface area contributed by atoms with Crippen LogP contribution >= 0.6 is 0 Å². The topological polar surface area (TPSA) is 87.7 Å². The van der Waals surface area contributed by atoms with Crippen LogP contribution in [0, 0.1) is 5.92 Å². The number of piperidine rings is 2. The number of amides is 2. The molecule has 0 saturated carbocycles. The predicted octanol–water partition coefficient (Wildman–Crippen LogP) is 2.06. The van der Waals surface area contributed by atoms with Gasteiger partial charge in [-0.05, 0) is 38.5 Å². The Morgan fingerprint density at radius 2 is 2.00 bits per heavy atom. The fourth-order valence-electron chi connectivity index (χ4n) is 3.72. The summed E-state index contributed by atoms with van der Waals surface area (Å²) in [6, 6.07) is 1.82. The lowest BCUT2D eigenvalue weighted by Crippen LogP contribution is -2.46. The molecular formula is C19H29N5O3. The van der Waals surface area contributed by atoms with Gasteiger partial charge in [0.1, 0.15) is 17.8 Å². The second kappa shape index (κ2) is 9.01. The molecule has 2 fully saturated rings. The molecule has 1 aromatic rings. The maximum atomic E-state index is 12.6. The maximum absolute atomic E-state index is 12.6. The SMILES string of the molecule is CCOC(=O)N1CCC(NC(=O)c2cc(N3CCCC(C)C3)ncn2)CC1. The first-order valence-corrected chi connectivity index (χ1v) is 9.86. The molecular weight excluding hydrogens is 346 g/mol. The van der Waals surface area contributed by atoms with Gasteiger partial charge < -0.3 is 19.9 Å². The van der Waals surface area contributed by atoms with Gasteiger partial charge in [0.2, 0.25) is 0 Å². The van der Waals surface area contributed by atoms with E-state index >= 15 is 0 Å². The molecule has 0 aliphatic carbocycles. The van der Waals surface area contributed by atoms with Crippen LogP contribution in [-0.2, 0) is 4.74 Å². The fourth-order valence-corrected chi connectivity index (χ4v) is 3.72. The summed E-state index contributed by atoms with van der Waals surface area (Å²) in [4.78, 5) is 36.8. The monoisotopic (exact) mass is 375 g/mol. The third-order valence-electron chi connectivity index (χ3n) is 5.22. The lowest BCUT2D eigenvalue weighted by atomic mass is 10.0. The first-order chi connectivity index (χ1) is 13.1. The number of carbonyl (C=O) groups is 2. The highest BCUT2D eigenvalue weighted by molar-refractivity contribution is 5.93. The molecule has 3 rings (SSSR count). The molecule has 1 aromatic heterocycles. The lowest BCUT2D eigenvalue weighted by molar-refractivity contribution is 0.0856. The summed E-state index contributed by atoms with van der Waals surface area (Å²) in [6.07, 6.45) is 4.99. The number of anilines is 1. The van der Waals surface area contributed by atoms with Gasteiger partial charge in [0.05, 0.1) is 6.61 Å². The van der Waals surface area contributed by atoms with Gasteiger partial charge in [-0.2, -0.15) is 0 Å². The summed E-state index contributed by atoms with van der Waals surface area (Å²) in [5.41, 5.74) is 0.394. The van der Waals surface area contributed by atoms with Crippen LogP contribution in [0.5, 0.6) is 0 Å². The van der Waals surface area contributed by atoms with Crippen LogP contribution in [0.15, 0.2) is 12.4 Å². The van der Waals surface area contributed by atoms with Crippen molar-refractivity contribution in [2.75, 3.05) is 37.7 Å². The summed E-state index contributed by atoms with van der Waals surface area (Å²) < 4.78 is 5.02. The largest absolute Gasteiger partial charge is 0.450 e. The Labute approximate surface area is 160 Å². The zero-order chi connectivity index (χ0) is 19.2. The molecule has 27 heavy (non-hydrogen) atoms.